The molecule has 0 atom stereocenters. The number of halogens is 1. The van der Waals surface area contributed by atoms with Gasteiger partial charge in [0.2, 0.25) is 0 Å². The molecule has 0 aliphatic heterocycles. The van der Waals surface area contributed by atoms with Gasteiger partial charge in [-0.3, -0.25) is 0 Å². The van der Waals surface area contributed by atoms with Crippen molar-refractivity contribution in [2.75, 3.05) is 18.3 Å². The molecule has 0 amide bonds. The molecule has 0 aliphatic rings. The van der Waals surface area contributed by atoms with Gasteiger partial charge in [0.05, 0.1) is 0 Å². The molecule has 0 radical (unpaired) electrons. The fourth-order valence-corrected chi connectivity index (χ4v) is 1.72. The van der Waals surface area contributed by atoms with E-state index in [2.05, 4.69) is 13.2 Å². The maximum atomic E-state index is 5.66. The van der Waals surface area contributed by atoms with Crippen LogP contribution in [0.25, 0.3) is 0 Å². The van der Waals surface area contributed by atoms with Crippen LogP contribution in [0.5, 0.6) is 0 Å². The Morgan fingerprint density at radius 1 is 1.06 bits per heavy atom. The van der Waals surface area contributed by atoms with E-state index in [0.717, 1.165) is 5.02 Å². The van der Waals surface area contributed by atoms with Crippen LogP contribution in [0.1, 0.15) is 28.2 Å². The minimum atomic E-state index is 0. The fourth-order valence-electron chi connectivity index (χ4n) is 0.775. The largest absolute Gasteiger partial charge is 0.165 e. The lowest BCUT2D eigenvalue weighted by Gasteiger charge is -1.92. The normalized spacial score (nSPS) is 8.00. The molecule has 0 saturated heterocycles. The lowest BCUT2D eigenvalue weighted by molar-refractivity contribution is 1.11. The van der Waals surface area contributed by atoms with Crippen LogP contribution in [0.4, 0.5) is 0 Å². The zero-order valence-corrected chi connectivity index (χ0v) is 11.3. The van der Waals surface area contributed by atoms with Crippen molar-refractivity contribution in [3.63, 3.8) is 0 Å². The molecule has 0 fully saturated rings. The van der Waals surface area contributed by atoms with E-state index >= 15 is 0 Å². The predicted molar refractivity (Wildman–Crippen MR) is 85.4 cm³/mol. The number of rotatable bonds is 3. The summed E-state index contributed by atoms with van der Waals surface area (Å²) in [7, 11) is 0. The summed E-state index contributed by atoms with van der Waals surface area (Å²) in [5, 5.41) is 0.799. The second-order valence-electron chi connectivity index (χ2n) is 2.65. The second-order valence-corrected chi connectivity index (χ2v) is 4.95. The Morgan fingerprint density at radius 2 is 1.56 bits per heavy atom. The molecule has 0 saturated carbocycles. The third kappa shape index (κ3) is 12.3. The predicted octanol–water partition coefficient (Wildman–Crippen LogP) is 6.09. The summed E-state index contributed by atoms with van der Waals surface area (Å²) >= 11 is 9.28. The fraction of sp³-hybridized carbons (Fsp3) is 0.538. The Bertz CT molecular complexity index is 220. The topological polar surface area (TPSA) is 0 Å². The monoisotopic (exact) mass is 280 g/mol. The highest BCUT2D eigenvalue weighted by Gasteiger charge is 1.86. The molecule has 3 heteroatoms. The molecule has 0 nitrogen and oxygen atoms in total. The summed E-state index contributed by atoms with van der Waals surface area (Å²) in [5.74, 6) is 1.31. The van der Waals surface area contributed by atoms with E-state index in [0.29, 0.717) is 0 Å². The van der Waals surface area contributed by atoms with E-state index in [1.54, 1.807) is 11.8 Å². The molecule has 1 aromatic rings. The van der Waals surface area contributed by atoms with E-state index in [-0.39, 0.29) is 14.9 Å². The van der Waals surface area contributed by atoms with Crippen molar-refractivity contribution in [2.45, 2.75) is 33.1 Å². The summed E-state index contributed by atoms with van der Waals surface area (Å²) in [6.07, 6.45) is 5.48. The van der Waals surface area contributed by atoms with Gasteiger partial charge in [-0.15, -0.1) is 11.8 Å². The molecule has 0 aliphatic carbocycles. The van der Waals surface area contributed by atoms with Crippen LogP contribution >= 0.6 is 35.1 Å². The molecule has 1 rings (SSSR count). The zero-order valence-electron chi connectivity index (χ0n) is 8.92. The first-order valence-corrected chi connectivity index (χ1v) is 7.52. The molecule has 0 heterocycles. The first-order chi connectivity index (χ1) is 6.74. The standard InChI is InChI=1S/C7H7ClS.C4H10S.2CH4/c1-9-7-4-2-6(8)3-5-7;1-3-4-5-2;;/h2-5H,1H3;3-4H2,1-2H3;2*1H4. The van der Waals surface area contributed by atoms with Crippen molar-refractivity contribution in [3.8, 4) is 0 Å². The summed E-state index contributed by atoms with van der Waals surface area (Å²) in [6, 6.07) is 7.81. The van der Waals surface area contributed by atoms with Gasteiger partial charge in [0.15, 0.2) is 0 Å². The molecule has 0 unspecified atom stereocenters. The van der Waals surface area contributed by atoms with Crippen LogP contribution in [-0.2, 0) is 0 Å². The van der Waals surface area contributed by atoms with E-state index in [9.17, 15) is 0 Å². The highest BCUT2D eigenvalue weighted by molar-refractivity contribution is 7.98. The molecule has 16 heavy (non-hydrogen) atoms. The Morgan fingerprint density at radius 3 is 1.81 bits per heavy atom. The lowest BCUT2D eigenvalue weighted by atomic mass is 10.4. The van der Waals surface area contributed by atoms with Crippen molar-refractivity contribution in [1.82, 2.24) is 0 Å². The van der Waals surface area contributed by atoms with E-state index in [4.69, 9.17) is 11.6 Å². The van der Waals surface area contributed by atoms with Gasteiger partial charge >= 0.3 is 0 Å². The minimum absolute atomic E-state index is 0. The zero-order chi connectivity index (χ0) is 10.8. The Labute approximate surface area is 116 Å². The minimum Gasteiger partial charge on any atom is -0.165 e. The molecule has 96 valence electrons. The average molecular weight is 281 g/mol. The van der Waals surface area contributed by atoms with Crippen molar-refractivity contribution in [1.29, 1.82) is 0 Å². The molecule has 0 N–H and O–H groups in total. The van der Waals surface area contributed by atoms with Gasteiger partial charge < -0.3 is 0 Å². The molecular formula is C13H25ClS2. The third-order valence-corrected chi connectivity index (χ3v) is 3.27. The molecule has 0 aromatic heterocycles. The van der Waals surface area contributed by atoms with Gasteiger partial charge in [-0.05, 0) is 49.0 Å². The highest BCUT2D eigenvalue weighted by Crippen LogP contribution is 2.16. The molecule has 0 spiro atoms. The summed E-state index contributed by atoms with van der Waals surface area (Å²) in [6.45, 7) is 2.19. The van der Waals surface area contributed by atoms with Crippen LogP contribution in [0.15, 0.2) is 29.2 Å². The maximum Gasteiger partial charge on any atom is 0.0406 e. The smallest absolute Gasteiger partial charge is 0.0406 e. The maximum absolute atomic E-state index is 5.66. The molecule has 1 aromatic carbocycles. The van der Waals surface area contributed by atoms with Gasteiger partial charge in [0.1, 0.15) is 0 Å². The van der Waals surface area contributed by atoms with Crippen molar-refractivity contribution in [3.05, 3.63) is 29.3 Å². The number of thioether (sulfide) groups is 2. The Kier molecular flexibility index (Phi) is 20.4. The first-order valence-electron chi connectivity index (χ1n) is 4.53. The second kappa shape index (κ2) is 15.2. The number of benzene rings is 1. The SMILES string of the molecule is C.C.CCCSC.CSc1ccc(Cl)cc1. The van der Waals surface area contributed by atoms with Crippen LogP contribution in [0, 0.1) is 0 Å². The van der Waals surface area contributed by atoms with Gasteiger partial charge in [0, 0.05) is 9.92 Å². The average Bonchev–Trinajstić information content (AvgIpc) is 2.21. The lowest BCUT2D eigenvalue weighted by Crippen LogP contribution is -1.66. The first kappa shape index (κ1) is 21.5. The van der Waals surface area contributed by atoms with Gasteiger partial charge in [0.25, 0.3) is 0 Å². The molecule has 0 bridgehead atoms. The van der Waals surface area contributed by atoms with Crippen LogP contribution in [0.3, 0.4) is 0 Å². The summed E-state index contributed by atoms with van der Waals surface area (Å²) in [5.41, 5.74) is 0. The quantitative estimate of drug-likeness (QED) is 0.614. The van der Waals surface area contributed by atoms with E-state index < -0.39 is 0 Å². The van der Waals surface area contributed by atoms with Crippen molar-refractivity contribution in [2.24, 2.45) is 0 Å². The van der Waals surface area contributed by atoms with Crippen LogP contribution in [-0.4, -0.2) is 18.3 Å². The third-order valence-electron chi connectivity index (χ3n) is 1.46. The number of hydrogen-bond acceptors (Lipinski definition) is 2. The number of hydrogen-bond donors (Lipinski definition) is 0. The Balaban J connectivity index is -0.000000214. The van der Waals surface area contributed by atoms with Crippen LogP contribution < -0.4 is 0 Å². The summed E-state index contributed by atoms with van der Waals surface area (Å²) < 4.78 is 0. The van der Waals surface area contributed by atoms with Gasteiger partial charge in [-0.2, -0.15) is 11.8 Å². The Hall–Kier alpha value is 0.210. The van der Waals surface area contributed by atoms with E-state index in [1.807, 2.05) is 42.3 Å². The van der Waals surface area contributed by atoms with Crippen LogP contribution in [0.2, 0.25) is 5.02 Å². The van der Waals surface area contributed by atoms with Crippen molar-refractivity contribution >= 4 is 35.1 Å². The molecular weight excluding hydrogens is 256 g/mol. The summed E-state index contributed by atoms with van der Waals surface area (Å²) in [4.78, 5) is 1.25. The van der Waals surface area contributed by atoms with Gasteiger partial charge in [-0.25, -0.2) is 0 Å². The van der Waals surface area contributed by atoms with E-state index in [1.165, 1.54) is 17.1 Å². The van der Waals surface area contributed by atoms with Crippen molar-refractivity contribution < 1.29 is 0 Å². The highest BCUT2D eigenvalue weighted by atomic mass is 35.5. The van der Waals surface area contributed by atoms with Gasteiger partial charge in [-0.1, -0.05) is 33.4 Å².